The molecule has 1 amide bonds. The first-order valence-electron chi connectivity index (χ1n) is 9.47. The van der Waals surface area contributed by atoms with Gasteiger partial charge in [0, 0.05) is 29.6 Å². The Morgan fingerprint density at radius 1 is 1.17 bits per heavy atom. The van der Waals surface area contributed by atoms with Gasteiger partial charge in [0.15, 0.2) is 0 Å². The first-order chi connectivity index (χ1) is 14.1. The number of rotatable bonds is 8. The highest BCUT2D eigenvalue weighted by Gasteiger charge is 2.41. The molecule has 1 aromatic carbocycles. The first-order valence-corrected chi connectivity index (χ1v) is 9.85. The number of aliphatic imine (C=N–C) groups is 1. The molecule has 1 atom stereocenters. The number of carbonyl (C=O) groups is 1. The van der Waals surface area contributed by atoms with Crippen LogP contribution >= 0.6 is 11.6 Å². The molecule has 1 saturated heterocycles. The fourth-order valence-electron chi connectivity index (χ4n) is 3.22. The molecule has 1 aliphatic heterocycles. The van der Waals surface area contributed by atoms with Gasteiger partial charge in [-0.1, -0.05) is 11.6 Å². The van der Waals surface area contributed by atoms with Crippen molar-refractivity contribution in [3.8, 4) is 11.9 Å². The molecule has 0 bridgehead atoms. The summed E-state index contributed by atoms with van der Waals surface area (Å²) in [5.41, 5.74) is 0.786. The van der Waals surface area contributed by atoms with Crippen LogP contribution in [-0.4, -0.2) is 40.9 Å². The lowest BCUT2D eigenvalue weighted by Gasteiger charge is -2.22. The van der Waals surface area contributed by atoms with Crippen LogP contribution in [0.25, 0.3) is 0 Å². The van der Waals surface area contributed by atoms with Crippen LogP contribution in [0, 0.1) is 11.5 Å². The lowest BCUT2D eigenvalue weighted by Crippen LogP contribution is -2.36. The SMILES string of the molecule is CC1C(=O)N(CCCCCOc2ccc(Cl)cc2)C(=NC#N)N1c1ccncc1. The van der Waals surface area contributed by atoms with Crippen LogP contribution in [0.2, 0.25) is 5.02 Å². The number of unbranched alkanes of at least 4 members (excludes halogenated alkanes) is 2. The number of ether oxygens (including phenoxy) is 1. The molecule has 2 heterocycles. The van der Waals surface area contributed by atoms with Gasteiger partial charge >= 0.3 is 0 Å². The molecule has 29 heavy (non-hydrogen) atoms. The minimum Gasteiger partial charge on any atom is -0.494 e. The number of anilines is 1. The van der Waals surface area contributed by atoms with Gasteiger partial charge < -0.3 is 4.74 Å². The van der Waals surface area contributed by atoms with Crippen LogP contribution in [-0.2, 0) is 4.79 Å². The van der Waals surface area contributed by atoms with Gasteiger partial charge in [-0.15, -0.1) is 4.99 Å². The molecule has 1 unspecified atom stereocenters. The van der Waals surface area contributed by atoms with Gasteiger partial charge in [-0.25, -0.2) is 0 Å². The largest absolute Gasteiger partial charge is 0.494 e. The van der Waals surface area contributed by atoms with E-state index in [-0.39, 0.29) is 5.91 Å². The Morgan fingerprint density at radius 3 is 2.59 bits per heavy atom. The summed E-state index contributed by atoms with van der Waals surface area (Å²) < 4.78 is 5.69. The normalized spacial score (nSPS) is 17.6. The highest BCUT2D eigenvalue weighted by atomic mass is 35.5. The van der Waals surface area contributed by atoms with Crippen molar-refractivity contribution in [3.05, 3.63) is 53.8 Å². The van der Waals surface area contributed by atoms with E-state index in [1.165, 1.54) is 0 Å². The lowest BCUT2D eigenvalue weighted by atomic mass is 10.2. The Labute approximate surface area is 175 Å². The second-order valence-corrected chi connectivity index (χ2v) is 7.05. The second-order valence-electron chi connectivity index (χ2n) is 6.62. The third-order valence-corrected chi connectivity index (χ3v) is 4.92. The van der Waals surface area contributed by atoms with Gasteiger partial charge in [0.05, 0.1) is 6.61 Å². The first kappa shape index (κ1) is 20.6. The van der Waals surface area contributed by atoms with Crippen LogP contribution in [0.3, 0.4) is 0 Å². The third-order valence-electron chi connectivity index (χ3n) is 4.67. The number of halogens is 1. The fraction of sp³-hybridized carbons (Fsp3) is 0.333. The van der Waals surface area contributed by atoms with Crippen LogP contribution in [0.1, 0.15) is 26.2 Å². The molecule has 2 aromatic rings. The summed E-state index contributed by atoms with van der Waals surface area (Å²) >= 11 is 5.86. The van der Waals surface area contributed by atoms with E-state index < -0.39 is 6.04 Å². The van der Waals surface area contributed by atoms with E-state index >= 15 is 0 Å². The maximum atomic E-state index is 12.7. The van der Waals surface area contributed by atoms with E-state index in [0.717, 1.165) is 30.7 Å². The topological polar surface area (TPSA) is 81.8 Å². The van der Waals surface area contributed by atoms with Gasteiger partial charge in [0.2, 0.25) is 12.2 Å². The van der Waals surface area contributed by atoms with Crippen LogP contribution in [0.15, 0.2) is 53.8 Å². The molecule has 0 saturated carbocycles. The molecular formula is C21H22ClN5O2. The van der Waals surface area contributed by atoms with Crippen molar-refractivity contribution in [3.63, 3.8) is 0 Å². The molecule has 1 aromatic heterocycles. The Bertz CT molecular complexity index is 896. The highest BCUT2D eigenvalue weighted by molar-refractivity contribution is 6.30. The predicted octanol–water partition coefficient (Wildman–Crippen LogP) is 3.86. The van der Waals surface area contributed by atoms with Crippen molar-refractivity contribution < 1.29 is 9.53 Å². The lowest BCUT2D eigenvalue weighted by molar-refractivity contribution is -0.126. The predicted molar refractivity (Wildman–Crippen MR) is 112 cm³/mol. The summed E-state index contributed by atoms with van der Waals surface area (Å²) in [4.78, 5) is 24.0. The number of amides is 1. The Hall–Kier alpha value is -3.11. The maximum Gasteiger partial charge on any atom is 0.252 e. The molecule has 7 nitrogen and oxygen atoms in total. The van der Waals surface area contributed by atoms with Gasteiger partial charge in [-0.2, -0.15) is 5.26 Å². The van der Waals surface area contributed by atoms with Crippen molar-refractivity contribution in [1.29, 1.82) is 5.26 Å². The number of nitriles is 1. The Kier molecular flexibility index (Phi) is 7.04. The van der Waals surface area contributed by atoms with E-state index in [2.05, 4.69) is 9.98 Å². The number of guanidine groups is 1. The average molecular weight is 412 g/mol. The minimum absolute atomic E-state index is 0.0618. The molecule has 0 aliphatic carbocycles. The van der Waals surface area contributed by atoms with Gasteiger partial charge in [-0.05, 0) is 62.6 Å². The van der Waals surface area contributed by atoms with E-state index in [9.17, 15) is 4.79 Å². The fourth-order valence-corrected chi connectivity index (χ4v) is 3.35. The van der Waals surface area contributed by atoms with Gasteiger partial charge in [-0.3, -0.25) is 19.6 Å². The molecular weight excluding hydrogens is 390 g/mol. The molecule has 0 N–H and O–H groups in total. The minimum atomic E-state index is -0.419. The van der Waals surface area contributed by atoms with Crippen molar-refractivity contribution >= 4 is 29.2 Å². The maximum absolute atomic E-state index is 12.7. The summed E-state index contributed by atoms with van der Waals surface area (Å²) in [5.74, 6) is 1.09. The molecule has 150 valence electrons. The number of aromatic nitrogens is 1. The molecule has 3 rings (SSSR count). The monoisotopic (exact) mass is 411 g/mol. The Morgan fingerprint density at radius 2 is 1.90 bits per heavy atom. The zero-order chi connectivity index (χ0) is 20.6. The summed E-state index contributed by atoms with van der Waals surface area (Å²) in [5, 5.41) is 9.79. The van der Waals surface area contributed by atoms with Crippen LogP contribution < -0.4 is 9.64 Å². The van der Waals surface area contributed by atoms with Gasteiger partial charge in [0.25, 0.3) is 5.91 Å². The average Bonchev–Trinajstić information content (AvgIpc) is 2.97. The summed E-state index contributed by atoms with van der Waals surface area (Å²) in [6.45, 7) is 2.91. The van der Waals surface area contributed by atoms with Gasteiger partial charge in [0.1, 0.15) is 11.8 Å². The summed E-state index contributed by atoms with van der Waals surface area (Å²) in [6, 6.07) is 10.4. The van der Waals surface area contributed by atoms with Crippen molar-refractivity contribution in [2.75, 3.05) is 18.1 Å². The zero-order valence-electron chi connectivity index (χ0n) is 16.2. The molecule has 1 aliphatic rings. The third kappa shape index (κ3) is 5.04. The quantitative estimate of drug-likeness (QED) is 0.486. The molecule has 0 spiro atoms. The standard InChI is InChI=1S/C21H22ClN5O2/c1-16-20(28)26(21(25-15-23)27(16)18-9-11-24-12-10-18)13-3-2-4-14-29-19-7-5-17(22)6-8-19/h5-12,16H,2-4,13-14H2,1H3. The second kappa shape index (κ2) is 9.89. The molecule has 8 heteroatoms. The number of carbonyl (C=O) groups excluding carboxylic acids is 1. The van der Waals surface area contributed by atoms with Crippen molar-refractivity contribution in [2.24, 2.45) is 4.99 Å². The van der Waals surface area contributed by atoms with E-state index in [0.29, 0.717) is 24.1 Å². The highest BCUT2D eigenvalue weighted by Crippen LogP contribution is 2.25. The molecule has 1 fully saturated rings. The van der Waals surface area contributed by atoms with Crippen LogP contribution in [0.5, 0.6) is 5.75 Å². The number of pyridine rings is 1. The van der Waals surface area contributed by atoms with Crippen molar-refractivity contribution in [1.82, 2.24) is 9.88 Å². The summed E-state index contributed by atoms with van der Waals surface area (Å²) in [7, 11) is 0. The van der Waals surface area contributed by atoms with Crippen LogP contribution in [0.4, 0.5) is 5.69 Å². The number of nitrogens with zero attached hydrogens (tertiary/aromatic N) is 5. The Balaban J connectivity index is 1.53. The van der Waals surface area contributed by atoms with Crippen molar-refractivity contribution in [2.45, 2.75) is 32.2 Å². The summed E-state index contributed by atoms with van der Waals surface area (Å²) in [6.07, 6.45) is 7.66. The number of hydrogen-bond donors (Lipinski definition) is 0. The zero-order valence-corrected chi connectivity index (χ0v) is 16.9. The van der Waals surface area contributed by atoms with E-state index in [4.69, 9.17) is 21.6 Å². The molecule has 0 radical (unpaired) electrons. The smallest absolute Gasteiger partial charge is 0.252 e. The number of benzene rings is 1. The van der Waals surface area contributed by atoms with E-state index in [1.54, 1.807) is 46.5 Å². The number of hydrogen-bond acceptors (Lipinski definition) is 5. The van der Waals surface area contributed by atoms with E-state index in [1.807, 2.05) is 25.2 Å².